The Kier molecular flexibility index (Phi) is 5.91. The molecule has 0 aliphatic heterocycles. The lowest BCUT2D eigenvalue weighted by Gasteiger charge is -2.23. The topological polar surface area (TPSA) is 49.9 Å². The molecule has 2 N–H and O–H groups in total. The molecule has 4 heteroatoms. The van der Waals surface area contributed by atoms with Gasteiger partial charge in [0.2, 0.25) is 0 Å². The highest BCUT2D eigenvalue weighted by Crippen LogP contribution is 2.29. The zero-order valence-electron chi connectivity index (χ0n) is 14.9. The van der Waals surface area contributed by atoms with Crippen molar-refractivity contribution < 1.29 is 4.74 Å². The number of H-pyrrole nitrogens is 1. The maximum Gasteiger partial charge on any atom is 0.124 e. The number of nitrogens with one attached hydrogen (secondary N) is 2. The Morgan fingerprint density at radius 1 is 1.33 bits per heavy atom. The van der Waals surface area contributed by atoms with Crippen LogP contribution in [0.15, 0.2) is 24.4 Å². The van der Waals surface area contributed by atoms with Crippen LogP contribution in [0.3, 0.4) is 0 Å². The minimum absolute atomic E-state index is 0.391. The number of rotatable bonds is 8. The molecule has 0 bridgehead atoms. The van der Waals surface area contributed by atoms with Crippen molar-refractivity contribution in [3.63, 3.8) is 0 Å². The highest BCUT2D eigenvalue weighted by Gasteiger charge is 2.21. The number of aromatic amines is 1. The van der Waals surface area contributed by atoms with Gasteiger partial charge in [0.15, 0.2) is 0 Å². The number of aryl methyl sites for hydroxylation is 2. The van der Waals surface area contributed by atoms with Gasteiger partial charge in [-0.2, -0.15) is 5.10 Å². The van der Waals surface area contributed by atoms with E-state index < -0.39 is 0 Å². The molecule has 4 nitrogen and oxygen atoms in total. The predicted octanol–water partition coefficient (Wildman–Crippen LogP) is 4.45. The summed E-state index contributed by atoms with van der Waals surface area (Å²) in [5, 5.41) is 11.0. The normalized spacial score (nSPS) is 16.8. The Balaban J connectivity index is 1.63. The molecule has 0 saturated heterocycles. The fourth-order valence-electron chi connectivity index (χ4n) is 3.38. The summed E-state index contributed by atoms with van der Waals surface area (Å²) in [5.74, 6) is 1.03. The van der Waals surface area contributed by atoms with Crippen LogP contribution >= 0.6 is 0 Å². The molecule has 1 aromatic heterocycles. The van der Waals surface area contributed by atoms with Crippen molar-refractivity contribution in [2.45, 2.75) is 65.0 Å². The Hall–Kier alpha value is -1.81. The van der Waals surface area contributed by atoms with Crippen molar-refractivity contribution in [2.75, 3.05) is 6.61 Å². The summed E-state index contributed by atoms with van der Waals surface area (Å²) in [6, 6.07) is 6.91. The van der Waals surface area contributed by atoms with Crippen molar-refractivity contribution in [2.24, 2.45) is 0 Å². The SMILES string of the molecule is CCCCCOc1cc(C)ccc1CNC1CCCc2[nH]ncc21. The number of benzene rings is 1. The lowest BCUT2D eigenvalue weighted by atomic mass is 9.93. The molecule has 0 radical (unpaired) electrons. The summed E-state index contributed by atoms with van der Waals surface area (Å²) < 4.78 is 6.06. The first kappa shape index (κ1) is 17.0. The van der Waals surface area contributed by atoms with Gasteiger partial charge in [-0.3, -0.25) is 5.10 Å². The summed E-state index contributed by atoms with van der Waals surface area (Å²) in [6.45, 7) is 5.98. The van der Waals surface area contributed by atoms with Crippen LogP contribution in [0.1, 0.15) is 67.5 Å². The molecule has 0 fully saturated rings. The van der Waals surface area contributed by atoms with Crippen LogP contribution in [0.2, 0.25) is 0 Å². The standard InChI is InChI=1S/C20H29N3O/c1-3-4-5-11-24-20-12-15(2)9-10-16(20)13-21-18-7-6-8-19-17(18)14-22-23-19/h9-10,12,14,18,21H,3-8,11,13H2,1-2H3,(H,22,23). The van der Waals surface area contributed by atoms with E-state index in [-0.39, 0.29) is 0 Å². The van der Waals surface area contributed by atoms with Crippen molar-refractivity contribution in [1.29, 1.82) is 0 Å². The van der Waals surface area contributed by atoms with E-state index in [0.717, 1.165) is 31.7 Å². The molecule has 0 spiro atoms. The maximum atomic E-state index is 6.06. The molecule has 2 aromatic rings. The first-order valence-electron chi connectivity index (χ1n) is 9.25. The number of nitrogens with zero attached hydrogens (tertiary/aromatic N) is 1. The molecule has 1 aromatic carbocycles. The molecule has 1 atom stereocenters. The second-order valence-corrected chi connectivity index (χ2v) is 6.80. The molecular formula is C20H29N3O. The molecule has 130 valence electrons. The zero-order chi connectivity index (χ0) is 16.8. The summed E-state index contributed by atoms with van der Waals surface area (Å²) >= 11 is 0. The third-order valence-electron chi connectivity index (χ3n) is 4.81. The number of aromatic nitrogens is 2. The lowest BCUT2D eigenvalue weighted by molar-refractivity contribution is 0.301. The van der Waals surface area contributed by atoms with E-state index in [9.17, 15) is 0 Å². The molecule has 24 heavy (non-hydrogen) atoms. The fraction of sp³-hybridized carbons (Fsp3) is 0.550. The third-order valence-corrected chi connectivity index (χ3v) is 4.81. The summed E-state index contributed by atoms with van der Waals surface area (Å²) in [6.07, 6.45) is 9.04. The Morgan fingerprint density at radius 3 is 3.12 bits per heavy atom. The second kappa shape index (κ2) is 8.34. The molecule has 1 heterocycles. The zero-order valence-corrected chi connectivity index (χ0v) is 14.9. The average Bonchev–Trinajstić information content (AvgIpc) is 3.07. The maximum absolute atomic E-state index is 6.06. The number of unbranched alkanes of at least 4 members (excludes halogenated alkanes) is 2. The second-order valence-electron chi connectivity index (χ2n) is 6.80. The molecule has 0 saturated carbocycles. The van der Waals surface area contributed by atoms with Gasteiger partial charge in [-0.25, -0.2) is 0 Å². The van der Waals surface area contributed by atoms with Gasteiger partial charge in [-0.1, -0.05) is 31.9 Å². The Labute approximate surface area is 145 Å². The van der Waals surface area contributed by atoms with Crippen molar-refractivity contribution in [3.05, 3.63) is 46.8 Å². The smallest absolute Gasteiger partial charge is 0.124 e. The van der Waals surface area contributed by atoms with E-state index in [2.05, 4.69) is 47.6 Å². The van der Waals surface area contributed by atoms with Gasteiger partial charge in [0.25, 0.3) is 0 Å². The number of fused-ring (bicyclic) bond motifs is 1. The first-order chi connectivity index (χ1) is 11.8. The quantitative estimate of drug-likeness (QED) is 0.704. The molecule has 0 amide bonds. The Morgan fingerprint density at radius 2 is 2.25 bits per heavy atom. The Bertz CT molecular complexity index is 650. The largest absolute Gasteiger partial charge is 0.493 e. The van der Waals surface area contributed by atoms with Crippen molar-refractivity contribution >= 4 is 0 Å². The third kappa shape index (κ3) is 4.18. The predicted molar refractivity (Wildman–Crippen MR) is 97.3 cm³/mol. The van der Waals surface area contributed by atoms with Gasteiger partial charge in [0.1, 0.15) is 5.75 Å². The summed E-state index contributed by atoms with van der Waals surface area (Å²) in [7, 11) is 0. The molecule has 3 rings (SSSR count). The minimum atomic E-state index is 0.391. The van der Waals surface area contributed by atoms with Gasteiger partial charge in [-0.05, 0) is 44.2 Å². The summed E-state index contributed by atoms with van der Waals surface area (Å²) in [5.41, 5.74) is 5.12. The number of hydrogen-bond acceptors (Lipinski definition) is 3. The van der Waals surface area contributed by atoms with Crippen LogP contribution in [-0.2, 0) is 13.0 Å². The van der Waals surface area contributed by atoms with E-state index in [1.54, 1.807) is 0 Å². The minimum Gasteiger partial charge on any atom is -0.493 e. The van der Waals surface area contributed by atoms with E-state index >= 15 is 0 Å². The van der Waals surface area contributed by atoms with Crippen molar-refractivity contribution in [3.8, 4) is 5.75 Å². The van der Waals surface area contributed by atoms with Crippen LogP contribution < -0.4 is 10.1 Å². The van der Waals surface area contributed by atoms with Gasteiger partial charge in [0, 0.05) is 29.4 Å². The number of hydrogen-bond donors (Lipinski definition) is 2. The van der Waals surface area contributed by atoms with Gasteiger partial charge < -0.3 is 10.1 Å². The molecule has 1 aliphatic carbocycles. The molecule has 1 aliphatic rings. The van der Waals surface area contributed by atoms with Crippen LogP contribution in [-0.4, -0.2) is 16.8 Å². The highest BCUT2D eigenvalue weighted by molar-refractivity contribution is 5.37. The monoisotopic (exact) mass is 327 g/mol. The van der Waals surface area contributed by atoms with Gasteiger partial charge in [-0.15, -0.1) is 0 Å². The van der Waals surface area contributed by atoms with Crippen LogP contribution in [0.5, 0.6) is 5.75 Å². The van der Waals surface area contributed by atoms with Gasteiger partial charge in [0.05, 0.1) is 12.8 Å². The lowest BCUT2D eigenvalue weighted by Crippen LogP contribution is -2.24. The summed E-state index contributed by atoms with van der Waals surface area (Å²) in [4.78, 5) is 0. The molecular weight excluding hydrogens is 298 g/mol. The van der Waals surface area contributed by atoms with E-state index in [4.69, 9.17) is 4.74 Å². The van der Waals surface area contributed by atoms with Crippen molar-refractivity contribution in [1.82, 2.24) is 15.5 Å². The van der Waals surface area contributed by atoms with E-state index in [0.29, 0.717) is 6.04 Å². The van der Waals surface area contributed by atoms with E-state index in [1.807, 2.05) is 6.20 Å². The number of ether oxygens (including phenoxy) is 1. The van der Waals surface area contributed by atoms with Gasteiger partial charge >= 0.3 is 0 Å². The highest BCUT2D eigenvalue weighted by atomic mass is 16.5. The van der Waals surface area contributed by atoms with E-state index in [1.165, 1.54) is 48.1 Å². The molecule has 1 unspecified atom stereocenters. The average molecular weight is 327 g/mol. The van der Waals surface area contributed by atoms with Crippen LogP contribution in [0, 0.1) is 6.92 Å². The first-order valence-corrected chi connectivity index (χ1v) is 9.25. The van der Waals surface area contributed by atoms with Crippen LogP contribution in [0.25, 0.3) is 0 Å². The fourth-order valence-corrected chi connectivity index (χ4v) is 3.38. The van der Waals surface area contributed by atoms with Crippen LogP contribution in [0.4, 0.5) is 0 Å².